The Hall–Kier alpha value is -3.61. The predicted octanol–water partition coefficient (Wildman–Crippen LogP) is 3.41. The molecule has 1 fully saturated rings. The number of carbonyl (C=O) groups excluding carboxylic acids is 3. The summed E-state index contributed by atoms with van der Waals surface area (Å²) < 4.78 is 4.83. The van der Waals surface area contributed by atoms with E-state index in [1.165, 1.54) is 7.11 Å². The molecule has 3 amide bonds. The second kappa shape index (κ2) is 6.20. The summed E-state index contributed by atoms with van der Waals surface area (Å²) in [4.78, 5) is 44.9. The first-order valence-corrected chi connectivity index (χ1v) is 9.46. The summed E-state index contributed by atoms with van der Waals surface area (Å²) in [6.07, 6.45) is 0.436. The van der Waals surface area contributed by atoms with Crippen LogP contribution in [-0.4, -0.2) is 40.9 Å². The number of fused-ring (bicyclic) bond motifs is 4. The number of carbonyl (C=O) groups is 3. The van der Waals surface area contributed by atoms with Crippen LogP contribution in [0.15, 0.2) is 48.5 Å². The normalized spacial score (nSPS) is 20.8. The number of benzene rings is 2. The van der Waals surface area contributed by atoms with Crippen molar-refractivity contribution >= 4 is 34.5 Å². The summed E-state index contributed by atoms with van der Waals surface area (Å²) in [6, 6.07) is 13.1. The van der Waals surface area contributed by atoms with Crippen molar-refractivity contribution in [1.29, 1.82) is 0 Å². The minimum Gasteiger partial charge on any atom is -0.465 e. The Labute approximate surface area is 166 Å². The van der Waals surface area contributed by atoms with E-state index in [0.29, 0.717) is 6.42 Å². The molecule has 1 N–H and O–H groups in total. The summed E-state index contributed by atoms with van der Waals surface area (Å²) in [5.74, 6) is -0.913. The third kappa shape index (κ3) is 2.33. The van der Waals surface area contributed by atoms with Gasteiger partial charge in [-0.15, -0.1) is 0 Å². The lowest BCUT2D eigenvalue weighted by Gasteiger charge is -2.33. The van der Waals surface area contributed by atoms with E-state index >= 15 is 0 Å². The molecule has 0 saturated carbocycles. The first-order valence-electron chi connectivity index (χ1n) is 9.46. The van der Waals surface area contributed by atoms with Crippen molar-refractivity contribution < 1.29 is 19.1 Å². The molecule has 7 heteroatoms. The number of rotatable bonds is 2. The highest BCUT2D eigenvalue weighted by atomic mass is 16.5. The van der Waals surface area contributed by atoms with Crippen LogP contribution in [0.5, 0.6) is 0 Å². The number of H-pyrrole nitrogens is 1. The van der Waals surface area contributed by atoms with Gasteiger partial charge in [-0.1, -0.05) is 30.3 Å². The fourth-order valence-electron chi connectivity index (χ4n) is 4.54. The minimum atomic E-state index is -0.602. The maximum absolute atomic E-state index is 13.3. The zero-order valence-electron chi connectivity index (χ0n) is 16.0. The molecule has 29 heavy (non-hydrogen) atoms. The molecule has 1 aromatic heterocycles. The molecule has 5 rings (SSSR count). The van der Waals surface area contributed by atoms with Crippen molar-refractivity contribution in [2.24, 2.45) is 0 Å². The Bertz CT molecular complexity index is 1180. The van der Waals surface area contributed by atoms with Gasteiger partial charge in [0.05, 0.1) is 24.4 Å². The van der Waals surface area contributed by atoms with Gasteiger partial charge in [0.1, 0.15) is 6.04 Å². The van der Waals surface area contributed by atoms with E-state index in [1.54, 1.807) is 29.2 Å². The second-order valence-electron chi connectivity index (χ2n) is 7.33. The average molecular weight is 389 g/mol. The maximum Gasteiger partial charge on any atom is 0.339 e. The van der Waals surface area contributed by atoms with Crippen LogP contribution < -0.4 is 4.90 Å². The number of hydrogen-bond acceptors (Lipinski definition) is 4. The van der Waals surface area contributed by atoms with Crippen molar-refractivity contribution in [3.05, 3.63) is 65.4 Å². The summed E-state index contributed by atoms with van der Waals surface area (Å²) in [6.45, 7) is 1.92. The lowest BCUT2D eigenvalue weighted by Crippen LogP contribution is -2.42. The number of para-hydroxylation sites is 2. The van der Waals surface area contributed by atoms with E-state index in [4.69, 9.17) is 4.74 Å². The van der Waals surface area contributed by atoms with Crippen molar-refractivity contribution in [2.45, 2.75) is 25.4 Å². The molecule has 7 nitrogen and oxygen atoms in total. The molecule has 0 bridgehead atoms. The molecule has 0 aliphatic carbocycles. The fourth-order valence-corrected chi connectivity index (χ4v) is 4.54. The molecule has 146 valence electrons. The van der Waals surface area contributed by atoms with Gasteiger partial charge in [0.15, 0.2) is 0 Å². The molecule has 2 aliphatic rings. The van der Waals surface area contributed by atoms with Gasteiger partial charge in [-0.2, -0.15) is 0 Å². The third-order valence-corrected chi connectivity index (χ3v) is 5.88. The highest BCUT2D eigenvalue weighted by molar-refractivity contribution is 6.23. The number of esters is 1. The monoisotopic (exact) mass is 389 g/mol. The summed E-state index contributed by atoms with van der Waals surface area (Å²) in [5, 5.41) is 1.07. The number of ether oxygens (including phenoxy) is 1. The van der Waals surface area contributed by atoms with Crippen LogP contribution in [0.4, 0.5) is 10.5 Å². The number of aromatic amines is 1. The van der Waals surface area contributed by atoms with Gasteiger partial charge in [0, 0.05) is 23.0 Å². The van der Waals surface area contributed by atoms with E-state index in [9.17, 15) is 14.4 Å². The molecular formula is C22H19N3O4. The van der Waals surface area contributed by atoms with E-state index < -0.39 is 18.0 Å². The lowest BCUT2D eigenvalue weighted by atomic mass is 9.93. The van der Waals surface area contributed by atoms with E-state index in [-0.39, 0.29) is 23.2 Å². The number of hydrogen-bond donors (Lipinski definition) is 1. The number of methoxy groups -OCH3 is 1. The predicted molar refractivity (Wildman–Crippen MR) is 107 cm³/mol. The molecule has 0 spiro atoms. The van der Waals surface area contributed by atoms with Crippen LogP contribution in [0, 0.1) is 0 Å². The highest BCUT2D eigenvalue weighted by Crippen LogP contribution is 2.42. The van der Waals surface area contributed by atoms with Crippen LogP contribution in [0.2, 0.25) is 0 Å². The van der Waals surface area contributed by atoms with E-state index in [0.717, 1.165) is 27.1 Å². The maximum atomic E-state index is 13.3. The largest absolute Gasteiger partial charge is 0.465 e. The number of nitrogens with zero attached hydrogens (tertiary/aromatic N) is 2. The van der Waals surface area contributed by atoms with E-state index in [2.05, 4.69) is 4.98 Å². The zero-order valence-corrected chi connectivity index (χ0v) is 16.0. The quantitative estimate of drug-likeness (QED) is 0.538. The van der Waals surface area contributed by atoms with Crippen LogP contribution in [-0.2, 0) is 16.0 Å². The van der Waals surface area contributed by atoms with Crippen molar-refractivity contribution in [3.63, 3.8) is 0 Å². The number of amides is 3. The van der Waals surface area contributed by atoms with Gasteiger partial charge in [-0.25, -0.2) is 14.5 Å². The average Bonchev–Trinajstić information content (AvgIpc) is 3.23. The van der Waals surface area contributed by atoms with Gasteiger partial charge in [-0.3, -0.25) is 4.79 Å². The van der Waals surface area contributed by atoms with Gasteiger partial charge in [0.25, 0.3) is 5.91 Å². The molecule has 3 heterocycles. The standard InChI is InChI=1S/C22H19N3O4/c1-12-19-15(13-7-3-5-9-16(13)23-19)11-18-20(26)25(22(28)24(12)18)17-10-6-4-8-14(17)21(27)29-2/h3-10,12,18,23H,11H2,1-2H3/t12?,18-/m1/s1. The Morgan fingerprint density at radius 2 is 1.83 bits per heavy atom. The van der Waals surface area contributed by atoms with E-state index in [1.807, 2.05) is 31.2 Å². The molecule has 1 saturated heterocycles. The van der Waals surface area contributed by atoms with Crippen molar-refractivity contribution in [3.8, 4) is 0 Å². The van der Waals surface area contributed by atoms with Gasteiger partial charge >= 0.3 is 12.0 Å². The zero-order chi connectivity index (χ0) is 20.3. The highest BCUT2D eigenvalue weighted by Gasteiger charge is 2.52. The number of anilines is 1. The topological polar surface area (TPSA) is 82.7 Å². The smallest absolute Gasteiger partial charge is 0.339 e. The first-order chi connectivity index (χ1) is 14.0. The summed E-state index contributed by atoms with van der Waals surface area (Å²) in [7, 11) is 1.27. The molecule has 2 atom stereocenters. The Kier molecular flexibility index (Phi) is 3.74. The minimum absolute atomic E-state index is 0.188. The third-order valence-electron chi connectivity index (χ3n) is 5.88. The van der Waals surface area contributed by atoms with Gasteiger partial charge < -0.3 is 14.6 Å². The first kappa shape index (κ1) is 17.5. The molecule has 3 aromatic rings. The van der Waals surface area contributed by atoms with Crippen molar-refractivity contribution in [2.75, 3.05) is 12.0 Å². The second-order valence-corrected chi connectivity index (χ2v) is 7.33. The molecule has 2 aliphatic heterocycles. The Morgan fingerprint density at radius 3 is 2.62 bits per heavy atom. The number of urea groups is 1. The number of nitrogens with one attached hydrogen (secondary N) is 1. The molecule has 2 aromatic carbocycles. The Morgan fingerprint density at radius 1 is 1.10 bits per heavy atom. The van der Waals surface area contributed by atoms with Crippen LogP contribution in [0.3, 0.4) is 0 Å². The van der Waals surface area contributed by atoms with Gasteiger partial charge in [0.2, 0.25) is 0 Å². The van der Waals surface area contributed by atoms with Crippen LogP contribution >= 0.6 is 0 Å². The van der Waals surface area contributed by atoms with Gasteiger partial charge in [-0.05, 0) is 30.7 Å². The summed E-state index contributed by atoms with van der Waals surface area (Å²) >= 11 is 0. The number of aromatic nitrogens is 1. The molecule has 1 unspecified atom stereocenters. The van der Waals surface area contributed by atoms with Crippen LogP contribution in [0.25, 0.3) is 10.9 Å². The number of imide groups is 1. The van der Waals surface area contributed by atoms with Crippen molar-refractivity contribution in [1.82, 2.24) is 9.88 Å². The van der Waals surface area contributed by atoms with Crippen LogP contribution in [0.1, 0.15) is 34.6 Å². The molecule has 0 radical (unpaired) electrons. The summed E-state index contributed by atoms with van der Waals surface area (Å²) in [5.41, 5.74) is 3.46. The Balaban J connectivity index is 1.60. The lowest BCUT2D eigenvalue weighted by molar-refractivity contribution is -0.120. The fraction of sp³-hybridized carbons (Fsp3) is 0.227. The molecular weight excluding hydrogens is 370 g/mol. The SMILES string of the molecule is COC(=O)c1ccccc1N1C(=O)[C@H]2Cc3c([nH]c4ccccc34)C(C)N2C1=O.